The van der Waals surface area contributed by atoms with Gasteiger partial charge in [-0.25, -0.2) is 4.79 Å². The van der Waals surface area contributed by atoms with E-state index in [1.54, 1.807) is 41.5 Å². The molecule has 0 aromatic rings. The molecule has 37 heavy (non-hydrogen) atoms. The molecule has 0 radical (unpaired) electrons. The zero-order chi connectivity index (χ0) is 28.7. The van der Waals surface area contributed by atoms with Gasteiger partial charge in [0.25, 0.3) is 0 Å². The number of carbonyl (C=O) groups is 6. The maximum atomic E-state index is 12.9. The lowest BCUT2D eigenvalue weighted by molar-refractivity contribution is -0.142. The van der Waals surface area contributed by atoms with Crippen molar-refractivity contribution in [3.05, 3.63) is 0 Å². The van der Waals surface area contributed by atoms with Crippen LogP contribution in [0.15, 0.2) is 0 Å². The van der Waals surface area contributed by atoms with Gasteiger partial charge in [0, 0.05) is 0 Å². The van der Waals surface area contributed by atoms with Crippen LogP contribution in [0.2, 0.25) is 0 Å². The van der Waals surface area contributed by atoms with Crippen LogP contribution in [0.5, 0.6) is 0 Å². The molecule has 0 aromatic heterocycles. The number of nitrogens with two attached hydrogens (primary N) is 1. The molecule has 212 valence electrons. The van der Waals surface area contributed by atoms with Crippen molar-refractivity contribution in [3.63, 3.8) is 0 Å². The van der Waals surface area contributed by atoms with E-state index in [4.69, 9.17) is 10.8 Å². The molecule has 5 amide bonds. The van der Waals surface area contributed by atoms with E-state index in [1.807, 2.05) is 0 Å². The van der Waals surface area contributed by atoms with Crippen molar-refractivity contribution in [3.8, 4) is 0 Å². The van der Waals surface area contributed by atoms with Crippen molar-refractivity contribution in [2.75, 3.05) is 0 Å². The number of aliphatic carboxylic acids is 1. The van der Waals surface area contributed by atoms with Gasteiger partial charge in [-0.2, -0.15) is 0 Å². The van der Waals surface area contributed by atoms with E-state index in [0.717, 1.165) is 0 Å². The van der Waals surface area contributed by atoms with Crippen LogP contribution in [-0.2, 0) is 28.8 Å². The van der Waals surface area contributed by atoms with Crippen LogP contribution in [0, 0.1) is 0 Å². The molecule has 0 spiro atoms. The molecule has 0 aliphatic carbocycles. The summed E-state index contributed by atoms with van der Waals surface area (Å²) in [6, 6.07) is -5.65. The van der Waals surface area contributed by atoms with Gasteiger partial charge in [-0.05, 0) is 38.5 Å². The lowest BCUT2D eigenvalue weighted by Gasteiger charge is -2.25. The number of nitrogens with one attached hydrogen (secondary N) is 5. The van der Waals surface area contributed by atoms with E-state index in [0.29, 0.717) is 6.42 Å². The first-order valence-electron chi connectivity index (χ1n) is 12.9. The molecule has 13 heteroatoms. The Morgan fingerprint density at radius 3 is 0.946 bits per heavy atom. The molecular formula is C24H44N6O7. The van der Waals surface area contributed by atoms with Crippen LogP contribution in [0.3, 0.4) is 0 Å². The molecule has 0 aromatic carbocycles. The molecule has 0 aliphatic heterocycles. The van der Waals surface area contributed by atoms with Crippen molar-refractivity contribution in [1.29, 1.82) is 0 Å². The average Bonchev–Trinajstić information content (AvgIpc) is 2.88. The predicted molar refractivity (Wildman–Crippen MR) is 137 cm³/mol. The molecule has 0 aliphatic rings. The number of rotatable bonds is 17. The van der Waals surface area contributed by atoms with Gasteiger partial charge >= 0.3 is 5.97 Å². The number of hydrogen-bond donors (Lipinski definition) is 7. The first-order chi connectivity index (χ1) is 17.4. The fourth-order valence-corrected chi connectivity index (χ4v) is 3.30. The van der Waals surface area contributed by atoms with Gasteiger partial charge in [-0.1, -0.05) is 41.5 Å². The van der Waals surface area contributed by atoms with Crippen molar-refractivity contribution in [1.82, 2.24) is 26.6 Å². The summed E-state index contributed by atoms with van der Waals surface area (Å²) in [6.45, 7) is 10.1. The lowest BCUT2D eigenvalue weighted by Crippen LogP contribution is -2.58. The summed E-state index contributed by atoms with van der Waals surface area (Å²) in [5.41, 5.74) is 5.70. The topological polar surface area (TPSA) is 209 Å². The van der Waals surface area contributed by atoms with Gasteiger partial charge < -0.3 is 37.4 Å². The summed E-state index contributed by atoms with van der Waals surface area (Å²) in [7, 11) is 0. The Balaban J connectivity index is 5.23. The molecular weight excluding hydrogens is 484 g/mol. The lowest BCUT2D eigenvalue weighted by atomic mass is 10.1. The smallest absolute Gasteiger partial charge is 0.326 e. The number of carboxylic acids is 1. The van der Waals surface area contributed by atoms with Crippen LogP contribution < -0.4 is 32.3 Å². The van der Waals surface area contributed by atoms with Gasteiger partial charge in [0.15, 0.2) is 0 Å². The maximum absolute atomic E-state index is 12.9. The second kappa shape index (κ2) is 17.3. The third-order valence-corrected chi connectivity index (χ3v) is 5.96. The van der Waals surface area contributed by atoms with Crippen LogP contribution in [0.25, 0.3) is 0 Å². The van der Waals surface area contributed by atoms with Crippen LogP contribution in [-0.4, -0.2) is 76.9 Å². The second-order valence-electron chi connectivity index (χ2n) is 8.70. The highest BCUT2D eigenvalue weighted by Gasteiger charge is 2.30. The van der Waals surface area contributed by atoms with Gasteiger partial charge in [0.2, 0.25) is 29.5 Å². The third kappa shape index (κ3) is 11.1. The Morgan fingerprint density at radius 1 is 0.486 bits per heavy atom. The number of carboxylic acid groups (broad SMARTS) is 1. The summed E-state index contributed by atoms with van der Waals surface area (Å²) in [4.78, 5) is 74.1. The van der Waals surface area contributed by atoms with E-state index in [9.17, 15) is 28.8 Å². The molecule has 0 heterocycles. The minimum absolute atomic E-state index is 0.178. The summed E-state index contributed by atoms with van der Waals surface area (Å²) >= 11 is 0. The predicted octanol–water partition coefficient (Wildman–Crippen LogP) is -0.718. The normalized spacial score (nSPS) is 15.6. The number of carbonyl (C=O) groups excluding carboxylic acids is 5. The summed E-state index contributed by atoms with van der Waals surface area (Å²) < 4.78 is 0. The van der Waals surface area contributed by atoms with E-state index in [-0.39, 0.29) is 32.1 Å². The molecule has 13 nitrogen and oxygen atoms in total. The molecule has 6 unspecified atom stereocenters. The Labute approximate surface area is 218 Å². The van der Waals surface area contributed by atoms with Crippen LogP contribution >= 0.6 is 0 Å². The fraction of sp³-hybridized carbons (Fsp3) is 0.750. The van der Waals surface area contributed by atoms with E-state index in [2.05, 4.69) is 26.6 Å². The highest BCUT2D eigenvalue weighted by molar-refractivity contribution is 5.96. The quantitative estimate of drug-likeness (QED) is 0.128. The number of amides is 5. The Kier molecular flexibility index (Phi) is 15.8. The summed E-state index contributed by atoms with van der Waals surface area (Å²) in [6.07, 6.45) is 1.50. The molecule has 0 saturated heterocycles. The minimum Gasteiger partial charge on any atom is -0.480 e. The van der Waals surface area contributed by atoms with Crippen molar-refractivity contribution in [2.24, 2.45) is 5.73 Å². The molecule has 8 N–H and O–H groups in total. The monoisotopic (exact) mass is 528 g/mol. The van der Waals surface area contributed by atoms with Gasteiger partial charge in [0.05, 0.1) is 6.04 Å². The average molecular weight is 529 g/mol. The first kappa shape index (κ1) is 33.8. The highest BCUT2D eigenvalue weighted by atomic mass is 16.4. The standard InChI is InChI=1S/C24H44N6O7/c1-7-13(25)19(31)26-14(8-2)20(32)27-15(9-3)21(33)28-16(10-4)22(34)29-17(11-5)23(35)30-18(12-6)24(36)37/h13-18H,7-12,25H2,1-6H3,(H,26,31)(H,27,32)(H,28,33)(H,29,34)(H,30,35)(H,36,37). The second-order valence-corrected chi connectivity index (χ2v) is 8.70. The molecule has 0 saturated carbocycles. The SMILES string of the molecule is CCC(N)C(=O)NC(CC)C(=O)NC(CC)C(=O)NC(CC)C(=O)NC(CC)C(=O)NC(CC)C(=O)O. The third-order valence-electron chi connectivity index (χ3n) is 5.96. The first-order valence-corrected chi connectivity index (χ1v) is 12.9. The van der Waals surface area contributed by atoms with E-state index in [1.165, 1.54) is 0 Å². The maximum Gasteiger partial charge on any atom is 0.326 e. The van der Waals surface area contributed by atoms with Crippen molar-refractivity contribution in [2.45, 2.75) is 116 Å². The van der Waals surface area contributed by atoms with Crippen LogP contribution in [0.4, 0.5) is 0 Å². The van der Waals surface area contributed by atoms with Crippen molar-refractivity contribution < 1.29 is 33.9 Å². The van der Waals surface area contributed by atoms with Gasteiger partial charge in [-0.3, -0.25) is 24.0 Å². The molecule has 6 atom stereocenters. The fourth-order valence-electron chi connectivity index (χ4n) is 3.30. The van der Waals surface area contributed by atoms with E-state index >= 15 is 0 Å². The Bertz CT molecular complexity index is 806. The zero-order valence-electron chi connectivity index (χ0n) is 22.7. The Morgan fingerprint density at radius 2 is 0.730 bits per heavy atom. The molecule has 0 bridgehead atoms. The van der Waals surface area contributed by atoms with Crippen molar-refractivity contribution >= 4 is 35.5 Å². The molecule has 0 rings (SSSR count). The van der Waals surface area contributed by atoms with Gasteiger partial charge in [-0.15, -0.1) is 0 Å². The minimum atomic E-state index is -1.18. The molecule has 0 fully saturated rings. The van der Waals surface area contributed by atoms with Gasteiger partial charge in [0.1, 0.15) is 30.2 Å². The highest BCUT2D eigenvalue weighted by Crippen LogP contribution is 2.02. The summed E-state index contributed by atoms with van der Waals surface area (Å²) in [5.74, 6) is -4.05. The van der Waals surface area contributed by atoms with E-state index < -0.39 is 71.8 Å². The summed E-state index contributed by atoms with van der Waals surface area (Å²) in [5, 5.41) is 21.8. The number of hydrogen-bond acceptors (Lipinski definition) is 7. The largest absolute Gasteiger partial charge is 0.480 e. The van der Waals surface area contributed by atoms with Crippen LogP contribution in [0.1, 0.15) is 80.1 Å². The Hall–Kier alpha value is -3.22. The zero-order valence-corrected chi connectivity index (χ0v) is 22.7.